The standard InChI is InChI=1S/C12H19N3O2/c1-4-7-14-12(16)11(2)15(8-5-6-13)9-10-17-3/h1,11H,5,7-10H2,2-3H3,(H,14,16). The lowest BCUT2D eigenvalue weighted by Crippen LogP contribution is -2.46. The molecule has 0 fully saturated rings. The normalized spacial score (nSPS) is 11.6. The van der Waals surface area contributed by atoms with Crippen LogP contribution in [0, 0.1) is 23.7 Å². The van der Waals surface area contributed by atoms with Crippen molar-refractivity contribution >= 4 is 5.91 Å². The number of rotatable bonds is 8. The zero-order valence-corrected chi connectivity index (χ0v) is 10.4. The second-order valence-corrected chi connectivity index (χ2v) is 3.53. The maximum atomic E-state index is 11.7. The van der Waals surface area contributed by atoms with Gasteiger partial charge in [-0.3, -0.25) is 9.69 Å². The van der Waals surface area contributed by atoms with Crippen LogP contribution in [-0.4, -0.2) is 50.2 Å². The van der Waals surface area contributed by atoms with Crippen LogP contribution in [0.5, 0.6) is 0 Å². The molecule has 94 valence electrons. The van der Waals surface area contributed by atoms with E-state index in [0.29, 0.717) is 26.1 Å². The monoisotopic (exact) mass is 237 g/mol. The van der Waals surface area contributed by atoms with Gasteiger partial charge in [-0.25, -0.2) is 0 Å². The van der Waals surface area contributed by atoms with Crippen molar-refractivity contribution in [2.45, 2.75) is 19.4 Å². The number of carbonyl (C=O) groups excluding carboxylic acids is 1. The summed E-state index contributed by atoms with van der Waals surface area (Å²) >= 11 is 0. The van der Waals surface area contributed by atoms with Gasteiger partial charge >= 0.3 is 0 Å². The second kappa shape index (κ2) is 9.65. The van der Waals surface area contributed by atoms with Gasteiger partial charge in [-0.2, -0.15) is 5.26 Å². The first-order valence-electron chi connectivity index (χ1n) is 5.48. The molecule has 0 aromatic carbocycles. The fraction of sp³-hybridized carbons (Fsp3) is 0.667. The topological polar surface area (TPSA) is 65.4 Å². The zero-order valence-electron chi connectivity index (χ0n) is 10.4. The van der Waals surface area contributed by atoms with E-state index in [1.54, 1.807) is 14.0 Å². The lowest BCUT2D eigenvalue weighted by Gasteiger charge is -2.26. The van der Waals surface area contributed by atoms with Gasteiger partial charge in [0.15, 0.2) is 0 Å². The van der Waals surface area contributed by atoms with Gasteiger partial charge in [0.05, 0.1) is 25.3 Å². The second-order valence-electron chi connectivity index (χ2n) is 3.53. The van der Waals surface area contributed by atoms with Crippen molar-refractivity contribution < 1.29 is 9.53 Å². The Morgan fingerprint density at radius 2 is 2.29 bits per heavy atom. The van der Waals surface area contributed by atoms with E-state index in [2.05, 4.69) is 17.3 Å². The molecule has 0 heterocycles. The Morgan fingerprint density at radius 3 is 2.82 bits per heavy atom. The number of hydrogen-bond acceptors (Lipinski definition) is 4. The van der Waals surface area contributed by atoms with E-state index >= 15 is 0 Å². The minimum atomic E-state index is -0.313. The molecule has 1 atom stereocenters. The van der Waals surface area contributed by atoms with E-state index in [0.717, 1.165) is 0 Å². The van der Waals surface area contributed by atoms with Crippen LogP contribution in [0.3, 0.4) is 0 Å². The molecule has 5 nitrogen and oxygen atoms in total. The summed E-state index contributed by atoms with van der Waals surface area (Å²) in [7, 11) is 1.60. The van der Waals surface area contributed by atoms with Gasteiger partial charge in [-0.15, -0.1) is 6.42 Å². The number of carbonyl (C=O) groups is 1. The lowest BCUT2D eigenvalue weighted by molar-refractivity contribution is -0.125. The van der Waals surface area contributed by atoms with Crippen LogP contribution in [0.15, 0.2) is 0 Å². The molecular formula is C12H19N3O2. The van der Waals surface area contributed by atoms with E-state index < -0.39 is 0 Å². The molecule has 0 saturated heterocycles. The van der Waals surface area contributed by atoms with E-state index in [9.17, 15) is 4.79 Å². The molecule has 0 bridgehead atoms. The highest BCUT2D eigenvalue weighted by molar-refractivity contribution is 5.81. The summed E-state index contributed by atoms with van der Waals surface area (Å²) in [5, 5.41) is 11.2. The molecule has 0 radical (unpaired) electrons. The lowest BCUT2D eigenvalue weighted by atomic mass is 10.2. The number of methoxy groups -OCH3 is 1. The van der Waals surface area contributed by atoms with Gasteiger partial charge in [0.2, 0.25) is 5.91 Å². The molecule has 0 spiro atoms. The minimum Gasteiger partial charge on any atom is -0.383 e. The van der Waals surface area contributed by atoms with Crippen LogP contribution < -0.4 is 5.32 Å². The van der Waals surface area contributed by atoms with Gasteiger partial charge < -0.3 is 10.1 Å². The van der Waals surface area contributed by atoms with Crippen LogP contribution in [0.2, 0.25) is 0 Å². The number of hydrogen-bond donors (Lipinski definition) is 1. The summed E-state index contributed by atoms with van der Waals surface area (Å²) in [6.07, 6.45) is 5.46. The smallest absolute Gasteiger partial charge is 0.237 e. The Kier molecular flexibility index (Phi) is 8.77. The zero-order chi connectivity index (χ0) is 13.1. The van der Waals surface area contributed by atoms with Gasteiger partial charge in [0.1, 0.15) is 0 Å². The third kappa shape index (κ3) is 6.57. The van der Waals surface area contributed by atoms with Crippen molar-refractivity contribution in [3.05, 3.63) is 0 Å². The minimum absolute atomic E-state index is 0.128. The van der Waals surface area contributed by atoms with E-state index in [1.807, 2.05) is 4.90 Å². The van der Waals surface area contributed by atoms with Gasteiger partial charge in [-0.1, -0.05) is 5.92 Å². The Hall–Kier alpha value is -1.56. The molecule has 0 aliphatic rings. The number of amides is 1. The van der Waals surface area contributed by atoms with E-state index in [4.69, 9.17) is 16.4 Å². The quantitative estimate of drug-likeness (QED) is 0.603. The first kappa shape index (κ1) is 15.4. The molecule has 0 aromatic heterocycles. The Balaban J connectivity index is 4.29. The number of nitriles is 1. The number of nitrogens with zero attached hydrogens (tertiary/aromatic N) is 2. The largest absolute Gasteiger partial charge is 0.383 e. The van der Waals surface area contributed by atoms with Crippen molar-refractivity contribution in [2.24, 2.45) is 0 Å². The predicted molar refractivity (Wildman–Crippen MR) is 65.0 cm³/mol. The summed E-state index contributed by atoms with van der Waals surface area (Å²) in [5.41, 5.74) is 0. The summed E-state index contributed by atoms with van der Waals surface area (Å²) in [6, 6.07) is 1.75. The number of ether oxygens (including phenoxy) is 1. The highest BCUT2D eigenvalue weighted by Crippen LogP contribution is 2.00. The molecule has 0 saturated carbocycles. The molecule has 0 aliphatic carbocycles. The Labute approximate surface area is 103 Å². The summed E-state index contributed by atoms with van der Waals surface area (Å²) in [4.78, 5) is 13.6. The SMILES string of the molecule is C#CCNC(=O)C(C)N(CCC#N)CCOC. The Bertz CT molecular complexity index is 304. The Morgan fingerprint density at radius 1 is 1.59 bits per heavy atom. The number of nitrogens with one attached hydrogen (secondary N) is 1. The summed E-state index contributed by atoms with van der Waals surface area (Å²) < 4.78 is 4.97. The fourth-order valence-corrected chi connectivity index (χ4v) is 1.35. The third-order valence-electron chi connectivity index (χ3n) is 2.39. The molecule has 0 aliphatic heterocycles. The average molecular weight is 237 g/mol. The summed E-state index contributed by atoms with van der Waals surface area (Å²) in [5.74, 6) is 2.22. The molecule has 5 heteroatoms. The van der Waals surface area contributed by atoms with Crippen molar-refractivity contribution in [1.29, 1.82) is 5.26 Å². The fourth-order valence-electron chi connectivity index (χ4n) is 1.35. The van der Waals surface area contributed by atoms with Crippen molar-refractivity contribution in [3.8, 4) is 18.4 Å². The van der Waals surface area contributed by atoms with E-state index in [-0.39, 0.29) is 18.5 Å². The first-order chi connectivity index (χ1) is 8.17. The molecule has 1 N–H and O–H groups in total. The maximum Gasteiger partial charge on any atom is 0.237 e. The highest BCUT2D eigenvalue weighted by atomic mass is 16.5. The van der Waals surface area contributed by atoms with E-state index in [1.165, 1.54) is 0 Å². The molecule has 1 amide bonds. The van der Waals surface area contributed by atoms with Gasteiger partial charge in [-0.05, 0) is 6.92 Å². The van der Waals surface area contributed by atoms with Crippen molar-refractivity contribution in [3.63, 3.8) is 0 Å². The van der Waals surface area contributed by atoms with Gasteiger partial charge in [0.25, 0.3) is 0 Å². The highest BCUT2D eigenvalue weighted by Gasteiger charge is 2.19. The molecule has 0 aromatic rings. The average Bonchev–Trinajstić information content (AvgIpc) is 2.35. The van der Waals surface area contributed by atoms with Crippen LogP contribution in [-0.2, 0) is 9.53 Å². The molecule has 1 unspecified atom stereocenters. The van der Waals surface area contributed by atoms with Crippen LogP contribution in [0.1, 0.15) is 13.3 Å². The molecule has 0 rings (SSSR count). The predicted octanol–water partition coefficient (Wildman–Crippen LogP) is -0.0136. The van der Waals surface area contributed by atoms with Crippen LogP contribution >= 0.6 is 0 Å². The maximum absolute atomic E-state index is 11.7. The van der Waals surface area contributed by atoms with Crippen LogP contribution in [0.25, 0.3) is 0 Å². The summed E-state index contributed by atoms with van der Waals surface area (Å²) in [6.45, 7) is 3.70. The first-order valence-corrected chi connectivity index (χ1v) is 5.48. The number of terminal acetylenes is 1. The van der Waals surface area contributed by atoms with Gasteiger partial charge in [0, 0.05) is 26.6 Å². The van der Waals surface area contributed by atoms with Crippen molar-refractivity contribution in [2.75, 3.05) is 33.4 Å². The molecular weight excluding hydrogens is 218 g/mol. The van der Waals surface area contributed by atoms with Crippen LogP contribution in [0.4, 0.5) is 0 Å². The van der Waals surface area contributed by atoms with Crippen molar-refractivity contribution in [1.82, 2.24) is 10.2 Å². The molecule has 17 heavy (non-hydrogen) atoms. The third-order valence-corrected chi connectivity index (χ3v) is 2.39.